The maximum absolute atomic E-state index is 12.1. The molecule has 1 aliphatic rings. The van der Waals surface area contributed by atoms with Crippen molar-refractivity contribution in [3.63, 3.8) is 0 Å². The molecular weight excluding hydrogens is 294 g/mol. The zero-order valence-corrected chi connectivity index (χ0v) is 12.9. The van der Waals surface area contributed by atoms with Crippen LogP contribution in [-0.4, -0.2) is 39.4 Å². The summed E-state index contributed by atoms with van der Waals surface area (Å²) in [5.41, 5.74) is 1.91. The van der Waals surface area contributed by atoms with Crippen molar-refractivity contribution in [2.75, 3.05) is 6.54 Å². The fraction of sp³-hybridized carbons (Fsp3) is 0.312. The van der Waals surface area contributed by atoms with Gasteiger partial charge in [0.15, 0.2) is 5.69 Å². The van der Waals surface area contributed by atoms with E-state index >= 15 is 0 Å². The summed E-state index contributed by atoms with van der Waals surface area (Å²) in [4.78, 5) is 23.8. The first kappa shape index (κ1) is 15.2. The molecule has 1 heterocycles. The van der Waals surface area contributed by atoms with E-state index in [1.54, 1.807) is 24.3 Å². The maximum Gasteiger partial charge on any atom is 0.273 e. The minimum absolute atomic E-state index is 0.128. The Bertz CT molecular complexity index is 731. The average Bonchev–Trinajstić information content (AvgIpc) is 3.27. The lowest BCUT2D eigenvalue weighted by Crippen LogP contribution is -2.26. The number of rotatable bonds is 5. The van der Waals surface area contributed by atoms with Crippen molar-refractivity contribution in [3.05, 3.63) is 48.1 Å². The number of carbonyl (C=O) groups excluding carboxylic acids is 2. The highest BCUT2D eigenvalue weighted by Gasteiger charge is 2.26. The monoisotopic (exact) mass is 312 g/mol. The second-order valence-electron chi connectivity index (χ2n) is 5.45. The van der Waals surface area contributed by atoms with E-state index in [0.717, 1.165) is 12.8 Å². The normalized spacial score (nSPS) is 13.7. The summed E-state index contributed by atoms with van der Waals surface area (Å²) < 4.78 is 1.49. The second-order valence-corrected chi connectivity index (χ2v) is 5.45. The molecule has 1 aromatic heterocycles. The zero-order valence-electron chi connectivity index (χ0n) is 12.9. The second kappa shape index (κ2) is 6.20. The largest absolute Gasteiger partial charge is 0.352 e. The van der Waals surface area contributed by atoms with Crippen LogP contribution in [0.2, 0.25) is 0 Å². The molecule has 2 N–H and O–H groups in total. The molecule has 1 fully saturated rings. The third kappa shape index (κ3) is 3.23. The standard InChI is InChI=1S/C16H18N5O2/c1-3-17-15(22)11-4-8-13(9-5-11)21-10(2)14(19-20-21)16(23)18-12-6-7-12/h4-5,8-9,12H,2-3,6-7H2,1H3,(H,17,22)(H,18,23). The van der Waals surface area contributed by atoms with Crippen molar-refractivity contribution in [2.45, 2.75) is 25.8 Å². The van der Waals surface area contributed by atoms with Gasteiger partial charge in [-0.15, -0.1) is 5.10 Å². The van der Waals surface area contributed by atoms with Crippen LogP contribution in [-0.2, 0) is 0 Å². The van der Waals surface area contributed by atoms with Crippen LogP contribution in [0.3, 0.4) is 0 Å². The fourth-order valence-corrected chi connectivity index (χ4v) is 2.18. The summed E-state index contributed by atoms with van der Waals surface area (Å²) in [7, 11) is 0. The van der Waals surface area contributed by atoms with E-state index < -0.39 is 0 Å². The van der Waals surface area contributed by atoms with Gasteiger partial charge in [-0.25, -0.2) is 4.68 Å². The van der Waals surface area contributed by atoms with E-state index in [9.17, 15) is 9.59 Å². The van der Waals surface area contributed by atoms with E-state index in [0.29, 0.717) is 23.5 Å². The molecule has 0 bridgehead atoms. The van der Waals surface area contributed by atoms with E-state index in [1.165, 1.54) is 4.68 Å². The smallest absolute Gasteiger partial charge is 0.273 e. The van der Waals surface area contributed by atoms with Gasteiger partial charge in [0.25, 0.3) is 11.8 Å². The molecular formula is C16H18N5O2. The number of carbonyl (C=O) groups is 2. The first-order chi connectivity index (χ1) is 11.1. The van der Waals surface area contributed by atoms with Gasteiger partial charge in [-0.1, -0.05) is 5.21 Å². The lowest BCUT2D eigenvalue weighted by atomic mass is 10.2. The van der Waals surface area contributed by atoms with Gasteiger partial charge in [-0.2, -0.15) is 0 Å². The molecule has 23 heavy (non-hydrogen) atoms. The summed E-state index contributed by atoms with van der Waals surface area (Å²) >= 11 is 0. The molecule has 7 heteroatoms. The number of hydrogen-bond donors (Lipinski definition) is 2. The molecule has 1 saturated carbocycles. The first-order valence-corrected chi connectivity index (χ1v) is 7.57. The molecule has 0 saturated heterocycles. The third-order valence-corrected chi connectivity index (χ3v) is 3.60. The van der Waals surface area contributed by atoms with Crippen molar-refractivity contribution >= 4 is 11.8 Å². The molecule has 2 amide bonds. The van der Waals surface area contributed by atoms with Crippen molar-refractivity contribution in [1.82, 2.24) is 25.6 Å². The van der Waals surface area contributed by atoms with E-state index in [2.05, 4.69) is 27.9 Å². The molecule has 0 spiro atoms. The number of nitrogens with one attached hydrogen (secondary N) is 2. The highest BCUT2D eigenvalue weighted by molar-refractivity contribution is 5.95. The van der Waals surface area contributed by atoms with Gasteiger partial charge in [-0.05, 0) is 51.0 Å². The molecule has 2 aromatic rings. The number of amides is 2. The summed E-state index contributed by atoms with van der Waals surface area (Å²) in [5, 5.41) is 13.5. The molecule has 7 nitrogen and oxygen atoms in total. The van der Waals surface area contributed by atoms with Gasteiger partial charge in [0.05, 0.1) is 11.4 Å². The summed E-state index contributed by atoms with van der Waals surface area (Å²) in [5.74, 6) is -0.375. The molecule has 119 valence electrons. The van der Waals surface area contributed by atoms with Crippen molar-refractivity contribution in [3.8, 4) is 5.69 Å². The predicted octanol–water partition coefficient (Wildman–Crippen LogP) is 1.09. The Balaban J connectivity index is 1.80. The van der Waals surface area contributed by atoms with Gasteiger partial charge in [-0.3, -0.25) is 9.59 Å². The number of nitrogens with zero attached hydrogens (tertiary/aromatic N) is 3. The zero-order chi connectivity index (χ0) is 16.4. The SMILES string of the molecule is [CH2]c1c(C(=O)NC2CC2)nnn1-c1ccc(C(=O)NCC)cc1. The maximum atomic E-state index is 12.1. The Morgan fingerprint density at radius 2 is 1.96 bits per heavy atom. The van der Waals surface area contributed by atoms with Crippen LogP contribution in [0.5, 0.6) is 0 Å². The van der Waals surface area contributed by atoms with Crippen LogP contribution in [0, 0.1) is 6.92 Å². The fourth-order valence-electron chi connectivity index (χ4n) is 2.18. The van der Waals surface area contributed by atoms with Crippen molar-refractivity contribution in [1.29, 1.82) is 0 Å². The van der Waals surface area contributed by atoms with Crippen LogP contribution in [0.25, 0.3) is 5.69 Å². The van der Waals surface area contributed by atoms with Crippen LogP contribution in [0.1, 0.15) is 46.3 Å². The molecule has 0 aliphatic heterocycles. The van der Waals surface area contributed by atoms with Gasteiger partial charge in [0.1, 0.15) is 0 Å². The molecule has 3 rings (SSSR count). The minimum Gasteiger partial charge on any atom is -0.352 e. The van der Waals surface area contributed by atoms with E-state index in [-0.39, 0.29) is 23.6 Å². The molecule has 1 radical (unpaired) electrons. The van der Waals surface area contributed by atoms with E-state index in [1.807, 2.05) is 6.92 Å². The summed E-state index contributed by atoms with van der Waals surface area (Å²) in [6.07, 6.45) is 2.02. The van der Waals surface area contributed by atoms with Gasteiger partial charge < -0.3 is 10.6 Å². The van der Waals surface area contributed by atoms with Crippen LogP contribution < -0.4 is 10.6 Å². The topological polar surface area (TPSA) is 88.9 Å². The Morgan fingerprint density at radius 3 is 2.57 bits per heavy atom. The number of hydrogen-bond acceptors (Lipinski definition) is 4. The van der Waals surface area contributed by atoms with Crippen LogP contribution in [0.15, 0.2) is 24.3 Å². The quantitative estimate of drug-likeness (QED) is 0.865. The van der Waals surface area contributed by atoms with Gasteiger partial charge in [0, 0.05) is 18.2 Å². The van der Waals surface area contributed by atoms with E-state index in [4.69, 9.17) is 0 Å². The highest BCUT2D eigenvalue weighted by atomic mass is 16.2. The first-order valence-electron chi connectivity index (χ1n) is 7.57. The third-order valence-electron chi connectivity index (χ3n) is 3.60. The van der Waals surface area contributed by atoms with Crippen LogP contribution in [0.4, 0.5) is 0 Å². The minimum atomic E-state index is -0.248. The molecule has 0 atom stereocenters. The average molecular weight is 312 g/mol. The van der Waals surface area contributed by atoms with Crippen molar-refractivity contribution in [2.24, 2.45) is 0 Å². The highest BCUT2D eigenvalue weighted by Crippen LogP contribution is 2.20. The lowest BCUT2D eigenvalue weighted by molar-refractivity contribution is 0.0941. The predicted molar refractivity (Wildman–Crippen MR) is 84.3 cm³/mol. The summed E-state index contributed by atoms with van der Waals surface area (Å²) in [6, 6.07) is 7.15. The van der Waals surface area contributed by atoms with Gasteiger partial charge in [0.2, 0.25) is 0 Å². The molecule has 1 aromatic carbocycles. The number of benzene rings is 1. The lowest BCUT2D eigenvalue weighted by Gasteiger charge is -2.06. The summed E-state index contributed by atoms with van der Waals surface area (Å²) in [6.45, 7) is 6.33. The Morgan fingerprint density at radius 1 is 1.26 bits per heavy atom. The number of aromatic nitrogens is 3. The molecule has 1 aliphatic carbocycles. The molecule has 0 unspecified atom stereocenters. The Labute approximate surface area is 134 Å². The van der Waals surface area contributed by atoms with Crippen molar-refractivity contribution < 1.29 is 9.59 Å². The van der Waals surface area contributed by atoms with Crippen LogP contribution >= 0.6 is 0 Å². The van der Waals surface area contributed by atoms with Gasteiger partial charge >= 0.3 is 0 Å². The Hall–Kier alpha value is -2.70. The Kier molecular flexibility index (Phi) is 4.10.